The van der Waals surface area contributed by atoms with Gasteiger partial charge in [-0.2, -0.15) is 0 Å². The van der Waals surface area contributed by atoms with E-state index < -0.39 is 23.5 Å². The van der Waals surface area contributed by atoms with Crippen molar-refractivity contribution in [2.75, 3.05) is 6.61 Å². The number of benzene rings is 3. The maximum absolute atomic E-state index is 13.9. The number of nitrogens with zero attached hydrogens (tertiary/aromatic N) is 1. The summed E-state index contributed by atoms with van der Waals surface area (Å²) in [6, 6.07) is 28.1. The summed E-state index contributed by atoms with van der Waals surface area (Å²) in [5.41, 5.74) is 1.58. The lowest BCUT2D eigenvalue weighted by Gasteiger charge is -2.54. The maximum atomic E-state index is 13.9. The molecule has 3 aromatic carbocycles. The van der Waals surface area contributed by atoms with Gasteiger partial charge in [-0.25, -0.2) is 4.79 Å². The van der Waals surface area contributed by atoms with E-state index in [-0.39, 0.29) is 25.0 Å². The van der Waals surface area contributed by atoms with Crippen LogP contribution < -0.4 is 0 Å². The Morgan fingerprint density at radius 1 is 0.833 bits per heavy atom. The van der Waals surface area contributed by atoms with E-state index in [2.05, 4.69) is 0 Å². The van der Waals surface area contributed by atoms with Crippen molar-refractivity contribution in [3.63, 3.8) is 0 Å². The topological polar surface area (TPSA) is 72.9 Å². The summed E-state index contributed by atoms with van der Waals surface area (Å²) >= 11 is 0. The van der Waals surface area contributed by atoms with Crippen molar-refractivity contribution in [3.8, 4) is 0 Å². The summed E-state index contributed by atoms with van der Waals surface area (Å²) in [6.07, 6.45) is 0.153. The molecule has 1 unspecified atom stereocenters. The summed E-state index contributed by atoms with van der Waals surface area (Å²) < 4.78 is 11.3. The lowest BCUT2D eigenvalue weighted by atomic mass is 9.71. The highest BCUT2D eigenvalue weighted by atomic mass is 16.6. The molecule has 1 atom stereocenters. The minimum Gasteiger partial charge on any atom is -0.459 e. The lowest BCUT2D eigenvalue weighted by molar-refractivity contribution is -0.225. The van der Waals surface area contributed by atoms with Crippen LogP contribution in [0.1, 0.15) is 49.3 Å². The van der Waals surface area contributed by atoms with Gasteiger partial charge in [0.2, 0.25) is 11.8 Å². The first kappa shape index (κ1) is 25.3. The standard InChI is InChI=1S/C30H31NO5/c1-3-30(4-2)28(34)31(29(30)36-21-25(32)35-20-22-14-8-5-9-15-22)27(33)26(23-16-10-6-11-17-23)24-18-12-7-13-19-24/h5-19,26,29H,3-4,20-21H2,1-2H3. The molecule has 4 rings (SSSR count). The molecule has 1 heterocycles. The molecule has 1 aliphatic heterocycles. The molecule has 0 bridgehead atoms. The van der Waals surface area contributed by atoms with Crippen LogP contribution in [-0.4, -0.2) is 35.5 Å². The third-order valence-corrected chi connectivity index (χ3v) is 6.97. The Kier molecular flexibility index (Phi) is 7.96. The minimum absolute atomic E-state index is 0.131. The molecule has 0 aromatic heterocycles. The summed E-state index contributed by atoms with van der Waals surface area (Å²) in [7, 11) is 0. The molecule has 1 saturated heterocycles. The quantitative estimate of drug-likeness (QED) is 0.296. The van der Waals surface area contributed by atoms with Crippen LogP contribution in [0.3, 0.4) is 0 Å². The molecule has 0 N–H and O–H groups in total. The van der Waals surface area contributed by atoms with E-state index in [1.807, 2.05) is 105 Å². The van der Waals surface area contributed by atoms with Gasteiger partial charge in [0.15, 0.2) is 6.23 Å². The van der Waals surface area contributed by atoms with Crippen LogP contribution in [0.2, 0.25) is 0 Å². The van der Waals surface area contributed by atoms with E-state index in [1.54, 1.807) is 0 Å². The summed E-state index contributed by atoms with van der Waals surface area (Å²) in [4.78, 5) is 41.0. The third-order valence-electron chi connectivity index (χ3n) is 6.97. The number of hydrogen-bond acceptors (Lipinski definition) is 5. The van der Waals surface area contributed by atoms with Crippen molar-refractivity contribution in [1.82, 2.24) is 4.90 Å². The van der Waals surface area contributed by atoms with E-state index in [0.29, 0.717) is 12.8 Å². The Morgan fingerprint density at radius 3 is 1.83 bits per heavy atom. The van der Waals surface area contributed by atoms with Crippen LogP contribution in [0.4, 0.5) is 0 Å². The highest BCUT2D eigenvalue weighted by Crippen LogP contribution is 2.47. The minimum atomic E-state index is -0.854. The fourth-order valence-corrected chi connectivity index (χ4v) is 4.82. The van der Waals surface area contributed by atoms with Crippen LogP contribution in [-0.2, 0) is 30.5 Å². The number of rotatable bonds is 10. The Hall–Kier alpha value is -3.77. The van der Waals surface area contributed by atoms with Crippen molar-refractivity contribution in [2.45, 2.75) is 45.4 Å². The molecule has 6 heteroatoms. The van der Waals surface area contributed by atoms with Crippen molar-refractivity contribution in [2.24, 2.45) is 5.41 Å². The van der Waals surface area contributed by atoms with E-state index in [9.17, 15) is 14.4 Å². The SMILES string of the molecule is CCC1(CC)C(=O)N(C(=O)C(c2ccccc2)c2ccccc2)C1OCC(=O)OCc1ccccc1. The molecule has 0 radical (unpaired) electrons. The van der Waals surface area contributed by atoms with Gasteiger partial charge in [-0.3, -0.25) is 14.5 Å². The zero-order chi connectivity index (χ0) is 25.5. The Balaban J connectivity index is 1.54. The molecule has 2 amide bonds. The molecular weight excluding hydrogens is 454 g/mol. The average molecular weight is 486 g/mol. The lowest BCUT2D eigenvalue weighted by Crippen LogP contribution is -2.72. The predicted molar refractivity (Wildman–Crippen MR) is 136 cm³/mol. The van der Waals surface area contributed by atoms with Gasteiger partial charge < -0.3 is 9.47 Å². The fourth-order valence-electron chi connectivity index (χ4n) is 4.82. The Labute approximate surface area is 211 Å². The van der Waals surface area contributed by atoms with Crippen molar-refractivity contribution >= 4 is 17.8 Å². The largest absolute Gasteiger partial charge is 0.459 e. The first-order valence-electron chi connectivity index (χ1n) is 12.3. The molecule has 0 aliphatic carbocycles. The number of hydrogen-bond donors (Lipinski definition) is 0. The van der Waals surface area contributed by atoms with Crippen molar-refractivity contribution in [1.29, 1.82) is 0 Å². The second-order valence-corrected chi connectivity index (χ2v) is 8.94. The van der Waals surface area contributed by atoms with E-state index >= 15 is 0 Å². The van der Waals surface area contributed by atoms with Gasteiger partial charge in [0, 0.05) is 0 Å². The van der Waals surface area contributed by atoms with Gasteiger partial charge in [-0.05, 0) is 29.5 Å². The van der Waals surface area contributed by atoms with Crippen LogP contribution in [0.15, 0.2) is 91.0 Å². The van der Waals surface area contributed by atoms with Crippen LogP contribution >= 0.6 is 0 Å². The molecule has 36 heavy (non-hydrogen) atoms. The summed E-state index contributed by atoms with van der Waals surface area (Å²) in [5.74, 6) is -1.84. The van der Waals surface area contributed by atoms with E-state index in [1.165, 1.54) is 4.90 Å². The van der Waals surface area contributed by atoms with E-state index in [0.717, 1.165) is 16.7 Å². The second-order valence-electron chi connectivity index (χ2n) is 8.94. The summed E-state index contributed by atoms with van der Waals surface area (Å²) in [5, 5.41) is 0. The molecular formula is C30H31NO5. The number of imide groups is 1. The first-order chi connectivity index (χ1) is 17.5. The summed E-state index contributed by atoms with van der Waals surface area (Å²) in [6.45, 7) is 3.59. The number of carbonyl (C=O) groups excluding carboxylic acids is 3. The highest BCUT2D eigenvalue weighted by Gasteiger charge is 2.62. The van der Waals surface area contributed by atoms with Crippen molar-refractivity contribution < 1.29 is 23.9 Å². The normalized spacial score (nSPS) is 16.5. The number of ether oxygens (including phenoxy) is 2. The molecule has 0 saturated carbocycles. The smallest absolute Gasteiger partial charge is 0.332 e. The van der Waals surface area contributed by atoms with Gasteiger partial charge in [0.1, 0.15) is 13.2 Å². The predicted octanol–water partition coefficient (Wildman–Crippen LogP) is 5.08. The Morgan fingerprint density at radius 2 is 1.33 bits per heavy atom. The van der Waals surface area contributed by atoms with Gasteiger partial charge in [-0.1, -0.05) is 105 Å². The highest BCUT2D eigenvalue weighted by molar-refractivity contribution is 6.07. The van der Waals surface area contributed by atoms with Gasteiger partial charge in [0.05, 0.1) is 11.3 Å². The maximum Gasteiger partial charge on any atom is 0.332 e. The monoisotopic (exact) mass is 485 g/mol. The zero-order valence-electron chi connectivity index (χ0n) is 20.6. The average Bonchev–Trinajstić information content (AvgIpc) is 2.92. The van der Waals surface area contributed by atoms with Crippen LogP contribution in [0.5, 0.6) is 0 Å². The molecule has 3 aromatic rings. The molecule has 1 fully saturated rings. The first-order valence-corrected chi connectivity index (χ1v) is 12.3. The second kappa shape index (κ2) is 11.3. The van der Waals surface area contributed by atoms with Gasteiger partial charge in [0.25, 0.3) is 0 Å². The van der Waals surface area contributed by atoms with Crippen LogP contribution in [0, 0.1) is 5.41 Å². The van der Waals surface area contributed by atoms with Gasteiger partial charge in [-0.15, -0.1) is 0 Å². The molecule has 186 valence electrons. The van der Waals surface area contributed by atoms with Crippen LogP contribution in [0.25, 0.3) is 0 Å². The molecule has 1 aliphatic rings. The van der Waals surface area contributed by atoms with E-state index in [4.69, 9.17) is 9.47 Å². The Bertz CT molecular complexity index is 1140. The third kappa shape index (κ3) is 4.95. The van der Waals surface area contributed by atoms with Crippen molar-refractivity contribution in [3.05, 3.63) is 108 Å². The number of likely N-dealkylation sites (tertiary alicyclic amines) is 1. The number of amides is 2. The number of esters is 1. The molecule has 6 nitrogen and oxygen atoms in total. The number of β-lactam (4-membered cyclic amide) rings is 1. The van der Waals surface area contributed by atoms with Gasteiger partial charge >= 0.3 is 5.97 Å². The number of carbonyl (C=O) groups is 3. The zero-order valence-corrected chi connectivity index (χ0v) is 20.6. The fraction of sp³-hybridized carbons (Fsp3) is 0.300. The molecule has 0 spiro atoms.